The third-order valence-corrected chi connectivity index (χ3v) is 2.54. The second-order valence-corrected chi connectivity index (χ2v) is 4.13. The molecule has 0 aliphatic rings. The lowest BCUT2D eigenvalue weighted by molar-refractivity contribution is 0.399. The van der Waals surface area contributed by atoms with Crippen molar-refractivity contribution in [1.29, 1.82) is 0 Å². The van der Waals surface area contributed by atoms with Crippen molar-refractivity contribution >= 4 is 11.5 Å². The van der Waals surface area contributed by atoms with Gasteiger partial charge >= 0.3 is 0 Å². The summed E-state index contributed by atoms with van der Waals surface area (Å²) in [6, 6.07) is -0.214. The van der Waals surface area contributed by atoms with E-state index in [1.165, 1.54) is 11.5 Å². The average molecular weight is 225 g/mol. The van der Waals surface area contributed by atoms with E-state index in [4.69, 9.17) is 10.3 Å². The van der Waals surface area contributed by atoms with Crippen LogP contribution in [0.3, 0.4) is 0 Å². The fourth-order valence-electron chi connectivity index (χ4n) is 1.03. The minimum Gasteiger partial charge on any atom is -0.332 e. The van der Waals surface area contributed by atoms with Crippen molar-refractivity contribution in [2.45, 2.75) is 19.9 Å². The molecule has 0 saturated carbocycles. The van der Waals surface area contributed by atoms with Crippen molar-refractivity contribution in [3.05, 3.63) is 11.2 Å². The Balaban J connectivity index is 2.25. The van der Waals surface area contributed by atoms with Gasteiger partial charge in [0, 0.05) is 5.38 Å². The molecule has 0 aliphatic heterocycles. The van der Waals surface area contributed by atoms with Crippen LogP contribution in [0.15, 0.2) is 9.90 Å². The Morgan fingerprint density at radius 2 is 2.27 bits per heavy atom. The van der Waals surface area contributed by atoms with Crippen LogP contribution < -0.4 is 5.73 Å². The number of aromatic nitrogens is 4. The molecule has 1 unspecified atom stereocenters. The molecule has 80 valence electrons. The summed E-state index contributed by atoms with van der Waals surface area (Å²) >= 11 is 1.24. The van der Waals surface area contributed by atoms with Gasteiger partial charge in [0.05, 0.1) is 6.04 Å². The molecule has 2 heterocycles. The maximum atomic E-state index is 5.89. The van der Waals surface area contributed by atoms with Crippen molar-refractivity contribution in [3.8, 4) is 11.6 Å². The van der Waals surface area contributed by atoms with Gasteiger partial charge in [0.15, 0.2) is 11.5 Å². The molecule has 15 heavy (non-hydrogen) atoms. The first-order valence-electron chi connectivity index (χ1n) is 4.55. The fourth-order valence-corrected chi connectivity index (χ4v) is 1.46. The van der Waals surface area contributed by atoms with Gasteiger partial charge in [0.25, 0.3) is 5.89 Å². The van der Waals surface area contributed by atoms with Gasteiger partial charge in [-0.2, -0.15) is 4.98 Å². The zero-order valence-corrected chi connectivity index (χ0v) is 9.23. The number of hydrogen-bond acceptors (Lipinski definition) is 7. The van der Waals surface area contributed by atoms with Crippen LogP contribution in [0.2, 0.25) is 0 Å². The normalized spacial score (nSPS) is 13.3. The minimum absolute atomic E-state index is 0.214. The van der Waals surface area contributed by atoms with Gasteiger partial charge < -0.3 is 10.3 Å². The molecule has 7 heteroatoms. The van der Waals surface area contributed by atoms with Crippen molar-refractivity contribution in [3.63, 3.8) is 0 Å². The van der Waals surface area contributed by atoms with E-state index in [9.17, 15) is 0 Å². The van der Waals surface area contributed by atoms with Crippen molar-refractivity contribution in [2.75, 3.05) is 0 Å². The van der Waals surface area contributed by atoms with Gasteiger partial charge in [-0.3, -0.25) is 0 Å². The molecule has 0 radical (unpaired) electrons. The molecule has 0 fully saturated rings. The second kappa shape index (κ2) is 4.03. The monoisotopic (exact) mass is 225 g/mol. The van der Waals surface area contributed by atoms with Crippen LogP contribution in [-0.4, -0.2) is 19.7 Å². The Morgan fingerprint density at radius 3 is 2.87 bits per heavy atom. The topological polar surface area (TPSA) is 90.7 Å². The predicted molar refractivity (Wildman–Crippen MR) is 55.0 cm³/mol. The highest BCUT2D eigenvalue weighted by molar-refractivity contribution is 7.03. The van der Waals surface area contributed by atoms with Gasteiger partial charge in [-0.15, -0.1) is 5.10 Å². The van der Waals surface area contributed by atoms with Crippen molar-refractivity contribution < 1.29 is 4.52 Å². The Bertz CT molecular complexity index is 424. The second-order valence-electron chi connectivity index (χ2n) is 3.52. The van der Waals surface area contributed by atoms with Gasteiger partial charge in [0.2, 0.25) is 0 Å². The summed E-state index contributed by atoms with van der Waals surface area (Å²) in [7, 11) is 0. The fraction of sp³-hybridized carbons (Fsp3) is 0.500. The Kier molecular flexibility index (Phi) is 2.74. The summed E-state index contributed by atoms with van der Waals surface area (Å²) in [5, 5.41) is 9.40. The summed E-state index contributed by atoms with van der Waals surface area (Å²) in [5.41, 5.74) is 6.48. The third kappa shape index (κ3) is 2.02. The van der Waals surface area contributed by atoms with E-state index in [1.807, 2.05) is 13.8 Å². The van der Waals surface area contributed by atoms with Crippen LogP contribution in [0.1, 0.15) is 25.7 Å². The Morgan fingerprint density at radius 1 is 1.47 bits per heavy atom. The van der Waals surface area contributed by atoms with Crippen LogP contribution in [0.4, 0.5) is 0 Å². The average Bonchev–Trinajstić information content (AvgIpc) is 2.86. The van der Waals surface area contributed by atoms with Crippen LogP contribution in [-0.2, 0) is 0 Å². The molecule has 0 bridgehead atoms. The van der Waals surface area contributed by atoms with E-state index < -0.39 is 0 Å². The molecule has 2 rings (SSSR count). The first kappa shape index (κ1) is 10.2. The zero-order valence-electron chi connectivity index (χ0n) is 8.41. The Hall–Kier alpha value is -1.34. The highest BCUT2D eigenvalue weighted by Crippen LogP contribution is 2.20. The van der Waals surface area contributed by atoms with Gasteiger partial charge in [-0.05, 0) is 17.5 Å². The zero-order chi connectivity index (χ0) is 10.8. The maximum Gasteiger partial charge on any atom is 0.279 e. The van der Waals surface area contributed by atoms with E-state index in [1.54, 1.807) is 5.38 Å². The van der Waals surface area contributed by atoms with E-state index in [0.29, 0.717) is 17.4 Å². The van der Waals surface area contributed by atoms with E-state index >= 15 is 0 Å². The highest BCUT2D eigenvalue weighted by Gasteiger charge is 2.18. The summed E-state index contributed by atoms with van der Waals surface area (Å²) < 4.78 is 8.76. The van der Waals surface area contributed by atoms with Crippen LogP contribution >= 0.6 is 11.5 Å². The molecule has 6 nitrogen and oxygen atoms in total. The molecule has 0 saturated heterocycles. The van der Waals surface area contributed by atoms with Crippen LogP contribution in [0.25, 0.3) is 11.6 Å². The highest BCUT2D eigenvalue weighted by atomic mass is 32.1. The van der Waals surface area contributed by atoms with E-state index in [2.05, 4.69) is 19.7 Å². The predicted octanol–water partition coefficient (Wildman–Crippen LogP) is 1.24. The van der Waals surface area contributed by atoms with Crippen LogP contribution in [0, 0.1) is 5.92 Å². The lowest BCUT2D eigenvalue weighted by Gasteiger charge is -2.09. The molecular formula is C8H11N5OS. The Labute approximate surface area is 90.7 Å². The number of nitrogens with two attached hydrogens (primary N) is 1. The van der Waals surface area contributed by atoms with Gasteiger partial charge in [-0.1, -0.05) is 23.5 Å². The smallest absolute Gasteiger partial charge is 0.279 e. The summed E-state index contributed by atoms with van der Waals surface area (Å²) in [6.07, 6.45) is 0. The lowest BCUT2D eigenvalue weighted by atomic mass is 10.1. The van der Waals surface area contributed by atoms with Gasteiger partial charge in [-0.25, -0.2) is 0 Å². The molecule has 0 amide bonds. The lowest BCUT2D eigenvalue weighted by Crippen LogP contribution is -2.18. The number of rotatable bonds is 3. The van der Waals surface area contributed by atoms with Crippen molar-refractivity contribution in [2.24, 2.45) is 11.7 Å². The summed E-state index contributed by atoms with van der Waals surface area (Å²) in [4.78, 5) is 4.18. The molecule has 1 atom stereocenters. The number of hydrogen-bond donors (Lipinski definition) is 1. The molecular weight excluding hydrogens is 214 g/mol. The van der Waals surface area contributed by atoms with E-state index in [-0.39, 0.29) is 12.0 Å². The molecule has 2 aromatic rings. The third-order valence-electron chi connectivity index (χ3n) is 2.04. The van der Waals surface area contributed by atoms with Gasteiger partial charge in [0.1, 0.15) is 0 Å². The minimum atomic E-state index is -0.214. The molecule has 0 spiro atoms. The molecule has 2 N–H and O–H groups in total. The first-order chi connectivity index (χ1) is 7.18. The quantitative estimate of drug-likeness (QED) is 0.845. The van der Waals surface area contributed by atoms with E-state index in [0.717, 1.165) is 0 Å². The summed E-state index contributed by atoms with van der Waals surface area (Å²) in [6.45, 7) is 4.01. The molecule has 0 aromatic carbocycles. The SMILES string of the molecule is CC(C)C(N)c1noc(-c2csnn2)n1. The summed E-state index contributed by atoms with van der Waals surface area (Å²) in [5.74, 6) is 1.15. The first-order valence-corrected chi connectivity index (χ1v) is 5.38. The largest absolute Gasteiger partial charge is 0.332 e. The molecule has 2 aromatic heterocycles. The van der Waals surface area contributed by atoms with Crippen molar-refractivity contribution in [1.82, 2.24) is 19.7 Å². The standard InChI is InChI=1S/C8H11N5OS/c1-4(2)6(9)7-10-8(14-12-7)5-3-15-13-11-5/h3-4,6H,9H2,1-2H3. The number of nitrogens with zero attached hydrogens (tertiary/aromatic N) is 4. The van der Waals surface area contributed by atoms with Crippen LogP contribution in [0.5, 0.6) is 0 Å². The molecule has 0 aliphatic carbocycles. The maximum absolute atomic E-state index is 5.89.